The Kier molecular flexibility index (Phi) is 5.17. The highest BCUT2D eigenvalue weighted by Crippen LogP contribution is 2.60. The Labute approximate surface area is 203 Å². The number of hydrogen-bond acceptors (Lipinski definition) is 5. The third-order valence-corrected chi connectivity index (χ3v) is 7.74. The molecule has 2 heterocycles. The van der Waals surface area contributed by atoms with Crippen LogP contribution in [-0.4, -0.2) is 48.2 Å². The van der Waals surface area contributed by atoms with Crippen LogP contribution in [0.15, 0.2) is 17.1 Å². The Morgan fingerprint density at radius 1 is 1.26 bits per heavy atom. The van der Waals surface area contributed by atoms with Crippen LogP contribution < -0.4 is 20.4 Å². The summed E-state index contributed by atoms with van der Waals surface area (Å²) in [6.45, 7) is 9.90. The minimum Gasteiger partial charge on any atom is -0.492 e. The van der Waals surface area contributed by atoms with Gasteiger partial charge in [-0.05, 0) is 53.5 Å². The summed E-state index contributed by atoms with van der Waals surface area (Å²) >= 11 is 0. The number of aryl methyl sites for hydroxylation is 1. The molecule has 1 unspecified atom stereocenters. The second-order valence-corrected chi connectivity index (χ2v) is 11.6. The average molecular weight is 490 g/mol. The highest BCUT2D eigenvalue weighted by molar-refractivity contribution is 5.92. The van der Waals surface area contributed by atoms with E-state index in [2.05, 4.69) is 5.32 Å². The molecule has 1 amide bonds. The van der Waals surface area contributed by atoms with Crippen molar-refractivity contribution in [1.29, 1.82) is 0 Å². The molecule has 2 aromatic rings. The number of alkyl carbamates (subject to hydrolysis) is 1. The molecule has 3 aliphatic rings. The van der Waals surface area contributed by atoms with Gasteiger partial charge in [0.25, 0.3) is 0 Å². The van der Waals surface area contributed by atoms with Crippen molar-refractivity contribution in [1.82, 2.24) is 9.88 Å². The summed E-state index contributed by atoms with van der Waals surface area (Å²) in [4.78, 5) is 27.4. The number of carbonyl (C=O) groups excluding carboxylic acids is 1. The molecule has 3 atom stereocenters. The lowest BCUT2D eigenvalue weighted by Crippen LogP contribution is -2.54. The van der Waals surface area contributed by atoms with Gasteiger partial charge in [0, 0.05) is 36.7 Å². The lowest BCUT2D eigenvalue weighted by molar-refractivity contribution is 0.0440. The van der Waals surface area contributed by atoms with Crippen molar-refractivity contribution in [2.75, 3.05) is 25.1 Å². The van der Waals surface area contributed by atoms with Gasteiger partial charge in [-0.2, -0.15) is 0 Å². The number of nitrogens with zero attached hydrogens (tertiary/aromatic N) is 2. The van der Waals surface area contributed by atoms with Crippen LogP contribution in [0.5, 0.6) is 5.75 Å². The topological polar surface area (TPSA) is 72.8 Å². The first-order valence-electron chi connectivity index (χ1n) is 12.1. The molecule has 1 aliphatic heterocycles. The quantitative estimate of drug-likeness (QED) is 0.678. The molecule has 190 valence electrons. The molecule has 5 rings (SSSR count). The van der Waals surface area contributed by atoms with Crippen molar-refractivity contribution in [3.63, 3.8) is 0 Å². The number of methoxy groups -OCH3 is 1. The van der Waals surface area contributed by atoms with E-state index in [1.54, 1.807) is 38.5 Å². The van der Waals surface area contributed by atoms with E-state index in [9.17, 15) is 14.0 Å². The number of hydrogen-bond donors (Lipinski definition) is 1. The van der Waals surface area contributed by atoms with E-state index in [-0.39, 0.29) is 27.7 Å². The molecule has 2 aliphatic carbocycles. The maximum Gasteiger partial charge on any atom is 0.408 e. The number of amides is 1. The van der Waals surface area contributed by atoms with E-state index in [0.717, 1.165) is 12.8 Å². The Morgan fingerprint density at radius 2 is 1.91 bits per heavy atom. The molecule has 9 heteroatoms. The fraction of sp³-hybridized carbons (Fsp3) is 0.615. The molecule has 3 fully saturated rings. The van der Waals surface area contributed by atoms with Crippen molar-refractivity contribution in [3.05, 3.63) is 33.9 Å². The van der Waals surface area contributed by atoms with Crippen LogP contribution >= 0.6 is 0 Å². The first kappa shape index (κ1) is 23.9. The molecule has 1 aromatic heterocycles. The number of fused-ring (bicyclic) bond motifs is 1. The maximum absolute atomic E-state index is 15.7. The zero-order valence-corrected chi connectivity index (χ0v) is 21.1. The minimum absolute atomic E-state index is 0.178. The van der Waals surface area contributed by atoms with Crippen molar-refractivity contribution < 1.29 is 23.0 Å². The van der Waals surface area contributed by atoms with Gasteiger partial charge in [0.2, 0.25) is 0 Å². The SMILES string of the molecule is COc1c(N2CC3(CC3)C(C)(NC(=O)OC(C)(C)C)C2)c(F)cc2c(=O)c(C)cn([C@@H]3C[C@@H]3F)c12. The molecule has 35 heavy (non-hydrogen) atoms. The predicted octanol–water partition coefficient (Wildman–Crippen LogP) is 4.62. The Balaban J connectivity index is 1.59. The van der Waals surface area contributed by atoms with Crippen LogP contribution in [0.2, 0.25) is 0 Å². The number of halogens is 2. The van der Waals surface area contributed by atoms with E-state index < -0.39 is 35.3 Å². The first-order chi connectivity index (χ1) is 16.3. The fourth-order valence-corrected chi connectivity index (χ4v) is 5.63. The number of rotatable bonds is 4. The van der Waals surface area contributed by atoms with E-state index in [0.29, 0.717) is 30.6 Å². The average Bonchev–Trinajstić information content (AvgIpc) is 3.64. The fourth-order valence-electron chi connectivity index (χ4n) is 5.63. The van der Waals surface area contributed by atoms with Crippen molar-refractivity contribution >= 4 is 22.7 Å². The zero-order chi connectivity index (χ0) is 25.5. The van der Waals surface area contributed by atoms with Crippen LogP contribution in [0.4, 0.5) is 19.3 Å². The molecule has 0 radical (unpaired) electrons. The van der Waals surface area contributed by atoms with Crippen molar-refractivity contribution in [2.45, 2.75) is 77.2 Å². The monoisotopic (exact) mass is 489 g/mol. The van der Waals surface area contributed by atoms with Gasteiger partial charge in [0.05, 0.1) is 29.6 Å². The molecular formula is C26H33F2N3O4. The molecule has 1 aromatic carbocycles. The summed E-state index contributed by atoms with van der Waals surface area (Å²) in [6, 6.07) is 0.835. The largest absolute Gasteiger partial charge is 0.492 e. The van der Waals surface area contributed by atoms with Crippen molar-refractivity contribution in [2.24, 2.45) is 5.41 Å². The molecule has 1 spiro atoms. The lowest BCUT2D eigenvalue weighted by Gasteiger charge is -2.33. The number of benzene rings is 1. The van der Waals surface area contributed by atoms with Crippen LogP contribution in [0.1, 0.15) is 58.6 Å². The highest BCUT2D eigenvalue weighted by Gasteiger charge is 2.63. The lowest BCUT2D eigenvalue weighted by atomic mass is 9.86. The Bertz CT molecular complexity index is 1280. The third-order valence-electron chi connectivity index (χ3n) is 7.74. The molecule has 2 saturated carbocycles. The van der Waals surface area contributed by atoms with E-state index in [4.69, 9.17) is 9.47 Å². The number of pyridine rings is 1. The van der Waals surface area contributed by atoms with Gasteiger partial charge in [-0.3, -0.25) is 4.79 Å². The number of alkyl halides is 1. The Hall–Kier alpha value is -2.84. The predicted molar refractivity (Wildman–Crippen MR) is 130 cm³/mol. The minimum atomic E-state index is -1.01. The van der Waals surface area contributed by atoms with Gasteiger partial charge in [-0.15, -0.1) is 0 Å². The summed E-state index contributed by atoms with van der Waals surface area (Å²) in [6.07, 6.45) is 2.25. The summed E-state index contributed by atoms with van der Waals surface area (Å²) in [7, 11) is 1.44. The smallest absolute Gasteiger partial charge is 0.408 e. The number of aromatic nitrogens is 1. The molecule has 7 nitrogen and oxygen atoms in total. The summed E-state index contributed by atoms with van der Waals surface area (Å²) in [5, 5.41) is 3.23. The van der Waals surface area contributed by atoms with Crippen LogP contribution in [0.3, 0.4) is 0 Å². The van der Waals surface area contributed by atoms with E-state index in [1.807, 2.05) is 11.8 Å². The van der Waals surface area contributed by atoms with Crippen LogP contribution in [-0.2, 0) is 4.74 Å². The number of carbonyl (C=O) groups is 1. The second-order valence-electron chi connectivity index (χ2n) is 11.6. The maximum atomic E-state index is 15.7. The first-order valence-corrected chi connectivity index (χ1v) is 12.1. The third kappa shape index (κ3) is 3.83. The van der Waals surface area contributed by atoms with E-state index >= 15 is 4.39 Å². The van der Waals surface area contributed by atoms with Gasteiger partial charge in [0.15, 0.2) is 17.0 Å². The van der Waals surface area contributed by atoms with Gasteiger partial charge in [0.1, 0.15) is 17.5 Å². The molecule has 0 bridgehead atoms. The summed E-state index contributed by atoms with van der Waals surface area (Å²) < 4.78 is 42.8. The molecule has 1 saturated heterocycles. The van der Waals surface area contributed by atoms with Crippen LogP contribution in [0.25, 0.3) is 10.9 Å². The van der Waals surface area contributed by atoms with Crippen LogP contribution in [0, 0.1) is 18.2 Å². The Morgan fingerprint density at radius 3 is 2.46 bits per heavy atom. The van der Waals surface area contributed by atoms with Gasteiger partial charge in [-0.25, -0.2) is 13.6 Å². The van der Waals surface area contributed by atoms with E-state index in [1.165, 1.54) is 13.2 Å². The second kappa shape index (κ2) is 7.58. The zero-order valence-electron chi connectivity index (χ0n) is 21.1. The summed E-state index contributed by atoms with van der Waals surface area (Å²) in [5.74, 6) is -0.359. The number of nitrogens with one attached hydrogen (secondary N) is 1. The normalized spacial score (nSPS) is 26.8. The molecular weight excluding hydrogens is 456 g/mol. The van der Waals surface area contributed by atoms with Gasteiger partial charge in [-0.1, -0.05) is 0 Å². The number of anilines is 1. The standard InChI is InChI=1S/C26H33F2N3O4/c1-14-11-31(18-10-16(18)27)19-15(21(14)32)9-17(28)20(22(19)34-6)30-12-25(5,26(13-30)7-8-26)29-23(33)35-24(2,3)4/h9,11,16,18H,7-8,10,12-13H2,1-6H3,(H,29,33)/t16-,18+,25?/m0/s1. The van der Waals surface area contributed by atoms with Gasteiger partial charge >= 0.3 is 6.09 Å². The number of ether oxygens (including phenoxy) is 2. The highest BCUT2D eigenvalue weighted by atomic mass is 19.1. The van der Waals surface area contributed by atoms with Gasteiger partial charge < -0.3 is 24.3 Å². The molecule has 1 N–H and O–H groups in total. The summed E-state index contributed by atoms with van der Waals surface area (Å²) in [5.41, 5.74) is -0.732. The van der Waals surface area contributed by atoms with Crippen molar-refractivity contribution in [3.8, 4) is 5.75 Å².